The van der Waals surface area contributed by atoms with Gasteiger partial charge in [0.15, 0.2) is 0 Å². The second-order valence-corrected chi connectivity index (χ2v) is 4.58. The SMILES string of the molecule is CCCCOC1(O)CCCCC1(OC)OCC. The van der Waals surface area contributed by atoms with Gasteiger partial charge in [0, 0.05) is 26.6 Å². The maximum Gasteiger partial charge on any atom is 0.223 e. The van der Waals surface area contributed by atoms with Gasteiger partial charge in [-0.1, -0.05) is 13.3 Å². The summed E-state index contributed by atoms with van der Waals surface area (Å²) in [7, 11) is 1.58. The second-order valence-electron chi connectivity index (χ2n) is 4.58. The van der Waals surface area contributed by atoms with Crippen LogP contribution in [0.3, 0.4) is 0 Å². The van der Waals surface area contributed by atoms with Crippen molar-refractivity contribution in [2.45, 2.75) is 63.9 Å². The fourth-order valence-corrected chi connectivity index (χ4v) is 2.41. The van der Waals surface area contributed by atoms with Gasteiger partial charge in [-0.25, -0.2) is 0 Å². The summed E-state index contributed by atoms with van der Waals surface area (Å²) >= 11 is 0. The van der Waals surface area contributed by atoms with Crippen LogP contribution >= 0.6 is 0 Å². The lowest BCUT2D eigenvalue weighted by Crippen LogP contribution is -2.60. The summed E-state index contributed by atoms with van der Waals surface area (Å²) in [6, 6.07) is 0. The predicted molar refractivity (Wildman–Crippen MR) is 65.6 cm³/mol. The lowest BCUT2D eigenvalue weighted by Gasteiger charge is -2.47. The Morgan fingerprint density at radius 3 is 2.41 bits per heavy atom. The molecule has 0 saturated heterocycles. The summed E-state index contributed by atoms with van der Waals surface area (Å²) in [6.45, 7) is 5.06. The molecule has 1 fully saturated rings. The second kappa shape index (κ2) is 6.69. The number of rotatable bonds is 7. The molecule has 1 rings (SSSR count). The van der Waals surface area contributed by atoms with Gasteiger partial charge in [-0.15, -0.1) is 0 Å². The summed E-state index contributed by atoms with van der Waals surface area (Å²) < 4.78 is 16.8. The summed E-state index contributed by atoms with van der Waals surface area (Å²) in [5, 5.41) is 10.7. The molecule has 4 heteroatoms. The molecule has 0 heterocycles. The van der Waals surface area contributed by atoms with Crippen LogP contribution in [-0.4, -0.2) is 37.0 Å². The first-order valence-electron chi connectivity index (χ1n) is 6.69. The molecule has 1 N–H and O–H groups in total. The number of unbranched alkanes of at least 4 members (excludes halogenated alkanes) is 1. The van der Waals surface area contributed by atoms with Crippen molar-refractivity contribution in [1.82, 2.24) is 0 Å². The number of aliphatic hydroxyl groups is 1. The first-order chi connectivity index (χ1) is 8.14. The van der Waals surface area contributed by atoms with Crippen molar-refractivity contribution in [2.24, 2.45) is 0 Å². The van der Waals surface area contributed by atoms with Crippen molar-refractivity contribution < 1.29 is 19.3 Å². The zero-order valence-corrected chi connectivity index (χ0v) is 11.3. The maximum atomic E-state index is 10.7. The summed E-state index contributed by atoms with van der Waals surface area (Å²) in [5.74, 6) is -2.29. The van der Waals surface area contributed by atoms with Crippen molar-refractivity contribution in [1.29, 1.82) is 0 Å². The van der Waals surface area contributed by atoms with E-state index in [1.807, 2.05) is 6.92 Å². The predicted octanol–water partition coefficient (Wildman–Crippen LogP) is 2.44. The van der Waals surface area contributed by atoms with Crippen LogP contribution in [-0.2, 0) is 14.2 Å². The Hall–Kier alpha value is -0.160. The van der Waals surface area contributed by atoms with Crippen molar-refractivity contribution in [3.8, 4) is 0 Å². The van der Waals surface area contributed by atoms with E-state index >= 15 is 0 Å². The van der Waals surface area contributed by atoms with E-state index in [9.17, 15) is 5.11 Å². The Bertz CT molecular complexity index is 217. The molecule has 0 aromatic carbocycles. The number of hydrogen-bond donors (Lipinski definition) is 1. The van der Waals surface area contributed by atoms with E-state index in [2.05, 4.69) is 6.92 Å². The van der Waals surface area contributed by atoms with Crippen molar-refractivity contribution in [2.75, 3.05) is 20.3 Å². The highest BCUT2D eigenvalue weighted by molar-refractivity contribution is 4.91. The number of ether oxygens (including phenoxy) is 3. The maximum absolute atomic E-state index is 10.7. The van der Waals surface area contributed by atoms with Crippen LogP contribution in [0.15, 0.2) is 0 Å². The minimum atomic E-state index is -1.30. The van der Waals surface area contributed by atoms with Crippen LogP contribution in [0.5, 0.6) is 0 Å². The third kappa shape index (κ3) is 3.19. The molecule has 17 heavy (non-hydrogen) atoms. The van der Waals surface area contributed by atoms with Crippen LogP contribution in [0.4, 0.5) is 0 Å². The molecular formula is C13H26O4. The van der Waals surface area contributed by atoms with Crippen molar-refractivity contribution in [3.63, 3.8) is 0 Å². The van der Waals surface area contributed by atoms with Gasteiger partial charge < -0.3 is 19.3 Å². The van der Waals surface area contributed by atoms with Crippen LogP contribution in [0, 0.1) is 0 Å². The van der Waals surface area contributed by atoms with Crippen LogP contribution in [0.25, 0.3) is 0 Å². The van der Waals surface area contributed by atoms with Crippen molar-refractivity contribution >= 4 is 0 Å². The molecule has 0 radical (unpaired) electrons. The molecule has 4 nitrogen and oxygen atoms in total. The van der Waals surface area contributed by atoms with Gasteiger partial charge in [0.05, 0.1) is 6.61 Å². The monoisotopic (exact) mass is 246 g/mol. The highest BCUT2D eigenvalue weighted by Gasteiger charge is 2.55. The molecular weight excluding hydrogens is 220 g/mol. The molecule has 2 atom stereocenters. The normalized spacial score (nSPS) is 33.9. The Morgan fingerprint density at radius 2 is 1.82 bits per heavy atom. The molecule has 0 amide bonds. The largest absolute Gasteiger partial charge is 0.361 e. The molecule has 0 spiro atoms. The van der Waals surface area contributed by atoms with E-state index in [1.54, 1.807) is 7.11 Å². The fraction of sp³-hybridized carbons (Fsp3) is 1.00. The van der Waals surface area contributed by atoms with Crippen LogP contribution in [0.1, 0.15) is 52.4 Å². The van der Waals surface area contributed by atoms with E-state index in [-0.39, 0.29) is 0 Å². The van der Waals surface area contributed by atoms with Crippen molar-refractivity contribution in [3.05, 3.63) is 0 Å². The van der Waals surface area contributed by atoms with E-state index in [0.29, 0.717) is 26.1 Å². The molecule has 2 unspecified atom stereocenters. The average molecular weight is 246 g/mol. The zero-order valence-electron chi connectivity index (χ0n) is 11.3. The Morgan fingerprint density at radius 1 is 1.12 bits per heavy atom. The minimum absolute atomic E-state index is 0.507. The Balaban J connectivity index is 2.73. The summed E-state index contributed by atoms with van der Waals surface area (Å²) in [5.41, 5.74) is 0. The number of methoxy groups -OCH3 is 1. The lowest BCUT2D eigenvalue weighted by atomic mass is 9.87. The molecule has 0 aromatic rings. The van der Waals surface area contributed by atoms with Gasteiger partial charge in [-0.05, 0) is 26.2 Å². The topological polar surface area (TPSA) is 47.9 Å². The van der Waals surface area contributed by atoms with Gasteiger partial charge >= 0.3 is 0 Å². The van der Waals surface area contributed by atoms with Gasteiger partial charge in [0.25, 0.3) is 0 Å². The van der Waals surface area contributed by atoms with Gasteiger partial charge in [-0.2, -0.15) is 0 Å². The smallest absolute Gasteiger partial charge is 0.223 e. The number of hydrogen-bond acceptors (Lipinski definition) is 4. The van der Waals surface area contributed by atoms with Gasteiger partial charge in [0.1, 0.15) is 0 Å². The van der Waals surface area contributed by atoms with E-state index in [1.165, 1.54) is 0 Å². The quantitative estimate of drug-likeness (QED) is 0.553. The molecule has 1 saturated carbocycles. The third-order valence-corrected chi connectivity index (χ3v) is 3.41. The van der Waals surface area contributed by atoms with Gasteiger partial charge in [-0.3, -0.25) is 0 Å². The molecule has 0 aromatic heterocycles. The van der Waals surface area contributed by atoms with Gasteiger partial charge in [0.2, 0.25) is 11.6 Å². The van der Waals surface area contributed by atoms with E-state index in [0.717, 1.165) is 25.7 Å². The minimum Gasteiger partial charge on any atom is -0.361 e. The fourth-order valence-electron chi connectivity index (χ4n) is 2.41. The first-order valence-corrected chi connectivity index (χ1v) is 6.69. The zero-order chi connectivity index (χ0) is 12.8. The lowest BCUT2D eigenvalue weighted by molar-refractivity contribution is -0.404. The Kier molecular flexibility index (Phi) is 5.86. The molecule has 0 bridgehead atoms. The summed E-state index contributed by atoms with van der Waals surface area (Å²) in [6.07, 6.45) is 5.18. The third-order valence-electron chi connectivity index (χ3n) is 3.41. The molecule has 0 aliphatic heterocycles. The standard InChI is InChI=1S/C13H26O4/c1-4-6-11-17-12(14)9-7-8-10-13(12,15-3)16-5-2/h14H,4-11H2,1-3H3. The first kappa shape index (κ1) is 14.9. The van der Waals surface area contributed by atoms with E-state index < -0.39 is 11.6 Å². The molecule has 1 aliphatic carbocycles. The van der Waals surface area contributed by atoms with Crippen LogP contribution in [0.2, 0.25) is 0 Å². The molecule has 1 aliphatic rings. The summed E-state index contributed by atoms with van der Waals surface area (Å²) in [4.78, 5) is 0. The highest BCUT2D eigenvalue weighted by Crippen LogP contribution is 2.41. The Labute approximate surface area is 104 Å². The average Bonchev–Trinajstić information content (AvgIpc) is 2.33. The highest BCUT2D eigenvalue weighted by atomic mass is 16.8. The van der Waals surface area contributed by atoms with Crippen LogP contribution < -0.4 is 0 Å². The van der Waals surface area contributed by atoms with E-state index in [4.69, 9.17) is 14.2 Å². The molecule has 102 valence electrons.